The van der Waals surface area contributed by atoms with Crippen molar-refractivity contribution in [2.24, 2.45) is 0 Å². The fourth-order valence-corrected chi connectivity index (χ4v) is 25.2. The predicted octanol–water partition coefficient (Wildman–Crippen LogP) is 8.33. The molecule has 0 aromatic carbocycles. The van der Waals surface area contributed by atoms with Crippen LogP contribution in [0.1, 0.15) is 79.1 Å². The Labute approximate surface area is 192 Å². The van der Waals surface area contributed by atoms with E-state index in [0.29, 0.717) is 0 Å². The van der Waals surface area contributed by atoms with Crippen molar-refractivity contribution in [2.45, 2.75) is 92.2 Å². The Balaban J connectivity index is 0.00000312. The molecule has 0 N–H and O–H groups in total. The van der Waals surface area contributed by atoms with Gasteiger partial charge in [-0.2, -0.15) is 0 Å². The summed E-state index contributed by atoms with van der Waals surface area (Å²) in [6, 6.07) is 0. The van der Waals surface area contributed by atoms with Crippen molar-refractivity contribution >= 4 is 39.9 Å². The second kappa shape index (κ2) is 13.3. The van der Waals surface area contributed by atoms with E-state index in [1.54, 1.807) is 22.3 Å². The molecule has 0 aliphatic heterocycles. The quantitative estimate of drug-likeness (QED) is 0.240. The van der Waals surface area contributed by atoms with E-state index in [-0.39, 0.29) is 34.0 Å². The summed E-state index contributed by atoms with van der Waals surface area (Å²) in [6.45, 7) is 14.8. The molecule has 0 radical (unpaired) electrons. The van der Waals surface area contributed by atoms with Gasteiger partial charge in [-0.3, -0.25) is 0 Å². The third-order valence-corrected chi connectivity index (χ3v) is 25.3. The second-order valence-corrected chi connectivity index (χ2v) is 27.3. The van der Waals surface area contributed by atoms with Gasteiger partial charge in [0.2, 0.25) is 0 Å². The molecule has 0 nitrogen and oxygen atoms in total. The molecule has 4 heteroatoms. The SMILES string of the molecule is Br.Br.CCCCC1=CC(C)=[C]([Zr]([C]2=C(C)C=C(CCCC)C2)[SiH](C)C)C1. The predicted molar refractivity (Wildman–Crippen MR) is 129 cm³/mol. The van der Waals surface area contributed by atoms with Crippen LogP contribution in [0.3, 0.4) is 0 Å². The standard InChI is InChI=1S/2C10H15.C2H7Si.2BrH.Zr/c2*1-3-4-5-10-7-6-9(2)8-10;1-3-2;;;/h2*8H,3-5,7H2,1-2H3;3H,1-2H3;2*1H;. The summed E-state index contributed by atoms with van der Waals surface area (Å²) in [4.78, 5) is 0. The van der Waals surface area contributed by atoms with E-state index >= 15 is 0 Å². The van der Waals surface area contributed by atoms with Crippen LogP contribution in [-0.4, -0.2) is 5.92 Å². The summed E-state index contributed by atoms with van der Waals surface area (Å²) < 4.78 is 3.95. The van der Waals surface area contributed by atoms with Gasteiger partial charge in [0.25, 0.3) is 0 Å². The third-order valence-electron chi connectivity index (χ3n) is 5.53. The number of rotatable bonds is 9. The van der Waals surface area contributed by atoms with Crippen LogP contribution in [0, 0.1) is 0 Å². The molecule has 2 aliphatic rings. The fourth-order valence-electron chi connectivity index (χ4n) is 4.24. The first-order chi connectivity index (χ1) is 11.5. The van der Waals surface area contributed by atoms with Crippen LogP contribution in [0.25, 0.3) is 0 Å². The molecular weight excluding hydrogens is 543 g/mol. The van der Waals surface area contributed by atoms with Crippen molar-refractivity contribution < 1.29 is 20.9 Å². The zero-order valence-electron chi connectivity index (χ0n) is 17.7. The average Bonchev–Trinajstić information content (AvgIpc) is 3.07. The van der Waals surface area contributed by atoms with Gasteiger partial charge in [-0.15, -0.1) is 34.0 Å². The molecule has 0 unspecified atom stereocenters. The van der Waals surface area contributed by atoms with Crippen LogP contribution in [0.5, 0.6) is 0 Å². The first-order valence-electron chi connectivity index (χ1n) is 10.1. The van der Waals surface area contributed by atoms with Crippen LogP contribution in [0.2, 0.25) is 13.1 Å². The van der Waals surface area contributed by atoms with Gasteiger partial charge < -0.3 is 0 Å². The molecular formula is C22H39Br2SiZr. The van der Waals surface area contributed by atoms with Gasteiger partial charge in [-0.25, -0.2) is 0 Å². The van der Waals surface area contributed by atoms with E-state index in [2.05, 4.69) is 52.9 Å². The van der Waals surface area contributed by atoms with E-state index in [4.69, 9.17) is 0 Å². The maximum atomic E-state index is 2.64. The Bertz CT molecular complexity index is 537. The molecule has 0 aromatic rings. The first kappa shape index (κ1) is 27.0. The van der Waals surface area contributed by atoms with Crippen LogP contribution in [0.4, 0.5) is 0 Å². The van der Waals surface area contributed by atoms with Crippen molar-refractivity contribution in [1.82, 2.24) is 0 Å². The third kappa shape index (κ3) is 7.12. The van der Waals surface area contributed by atoms with Crippen molar-refractivity contribution in [3.63, 3.8) is 0 Å². The Morgan fingerprint density at radius 1 is 0.808 bits per heavy atom. The summed E-state index contributed by atoms with van der Waals surface area (Å²) in [7, 11) is 0. The van der Waals surface area contributed by atoms with Gasteiger partial charge in [-0.1, -0.05) is 0 Å². The minimum absolute atomic E-state index is 0. The van der Waals surface area contributed by atoms with Gasteiger partial charge in [0, 0.05) is 0 Å². The molecule has 0 spiro atoms. The number of allylic oxidation sites excluding steroid dienone is 8. The van der Waals surface area contributed by atoms with Gasteiger partial charge in [0.1, 0.15) is 0 Å². The van der Waals surface area contributed by atoms with Gasteiger partial charge in [-0.05, 0) is 0 Å². The van der Waals surface area contributed by atoms with E-state index < -0.39 is 26.8 Å². The normalized spacial score (nSPS) is 16.6. The average molecular weight is 583 g/mol. The number of hydrogen-bond donors (Lipinski definition) is 0. The van der Waals surface area contributed by atoms with Crippen LogP contribution < -0.4 is 0 Å². The fraction of sp³-hybridized carbons (Fsp3) is 0.636. The van der Waals surface area contributed by atoms with Gasteiger partial charge >= 0.3 is 160 Å². The Hall–Kier alpha value is 1.02. The van der Waals surface area contributed by atoms with E-state index in [9.17, 15) is 0 Å². The second-order valence-electron chi connectivity index (χ2n) is 8.06. The maximum absolute atomic E-state index is 2.64. The van der Waals surface area contributed by atoms with Crippen LogP contribution in [-0.2, 0) is 20.9 Å². The molecule has 0 atom stereocenters. The van der Waals surface area contributed by atoms with Crippen molar-refractivity contribution in [2.75, 3.05) is 0 Å². The summed E-state index contributed by atoms with van der Waals surface area (Å²) in [5, 5.41) is 0. The molecule has 26 heavy (non-hydrogen) atoms. The van der Waals surface area contributed by atoms with Crippen molar-refractivity contribution in [1.29, 1.82) is 0 Å². The zero-order chi connectivity index (χ0) is 17.7. The molecule has 0 saturated carbocycles. The molecule has 0 fully saturated rings. The summed E-state index contributed by atoms with van der Waals surface area (Å²) in [5.41, 5.74) is 6.85. The summed E-state index contributed by atoms with van der Waals surface area (Å²) in [5.74, 6) is -0.563. The summed E-state index contributed by atoms with van der Waals surface area (Å²) >= 11 is -1.57. The first-order valence-corrected chi connectivity index (χ1v) is 19.7. The molecule has 2 aliphatic carbocycles. The minimum atomic E-state index is -1.57. The van der Waals surface area contributed by atoms with Crippen molar-refractivity contribution in [3.8, 4) is 0 Å². The summed E-state index contributed by atoms with van der Waals surface area (Å²) in [6.07, 6.45) is 15.9. The number of halogens is 2. The monoisotopic (exact) mass is 579 g/mol. The Morgan fingerprint density at radius 3 is 1.50 bits per heavy atom. The Kier molecular flexibility index (Phi) is 13.8. The molecule has 149 valence electrons. The number of unbranched alkanes of at least 4 members (excludes halogenated alkanes) is 2. The topological polar surface area (TPSA) is 0 Å². The Morgan fingerprint density at radius 2 is 1.19 bits per heavy atom. The van der Waals surface area contributed by atoms with E-state index in [1.807, 2.05) is 6.56 Å². The van der Waals surface area contributed by atoms with Crippen LogP contribution in [0.15, 0.2) is 41.0 Å². The van der Waals surface area contributed by atoms with E-state index in [1.165, 1.54) is 51.4 Å². The molecule has 0 saturated heterocycles. The van der Waals surface area contributed by atoms with Gasteiger partial charge in [0.15, 0.2) is 0 Å². The van der Waals surface area contributed by atoms with Crippen LogP contribution >= 0.6 is 34.0 Å². The molecule has 2 rings (SSSR count). The van der Waals surface area contributed by atoms with Crippen molar-refractivity contribution in [3.05, 3.63) is 41.0 Å². The van der Waals surface area contributed by atoms with E-state index in [0.717, 1.165) is 0 Å². The molecule has 0 aromatic heterocycles. The van der Waals surface area contributed by atoms with Gasteiger partial charge in [0.05, 0.1) is 0 Å². The molecule has 0 heterocycles. The zero-order valence-corrected chi connectivity index (χ0v) is 24.7. The number of hydrogen-bond acceptors (Lipinski definition) is 0. The molecule has 0 bridgehead atoms. The molecule has 0 amide bonds.